The summed E-state index contributed by atoms with van der Waals surface area (Å²) in [7, 11) is 0. The van der Waals surface area contributed by atoms with Gasteiger partial charge in [0.05, 0.1) is 18.0 Å². The fourth-order valence-corrected chi connectivity index (χ4v) is 6.36. The molecule has 3 aliphatic carbocycles. The van der Waals surface area contributed by atoms with Crippen LogP contribution in [0, 0.1) is 29.4 Å². The molecular weight excluding hydrogens is 474 g/mol. The highest BCUT2D eigenvalue weighted by atomic mass is 19.1. The molecule has 0 saturated heterocycles. The molecular formula is C29H30F2N4O2. The van der Waals surface area contributed by atoms with Gasteiger partial charge in [0.1, 0.15) is 23.6 Å². The van der Waals surface area contributed by atoms with Gasteiger partial charge in [0, 0.05) is 35.0 Å². The number of aliphatic imine (C=N–C) groups is 1. The van der Waals surface area contributed by atoms with Crippen LogP contribution in [0.4, 0.5) is 8.78 Å². The van der Waals surface area contributed by atoms with E-state index in [2.05, 4.69) is 15.6 Å². The number of rotatable bonds is 6. The predicted octanol–water partition coefficient (Wildman–Crippen LogP) is 5.12. The fraction of sp³-hybridized carbons (Fsp3) is 0.379. The number of carbonyl (C=O) groups excluding carboxylic acids is 1. The first-order valence-electron chi connectivity index (χ1n) is 13.0. The molecule has 2 bridgehead atoms. The number of hydrogen-bond donors (Lipinski definition) is 3. The SMILES string of the molecule is CCOC(=O)C1C2CCC(CC2)C1NC1C=C(c2ccccc2)NC(c2c[nH]c3c(F)cc(F)cc23)=N1. The van der Waals surface area contributed by atoms with E-state index in [1.807, 2.05) is 43.3 Å². The number of H-pyrrole nitrogens is 1. The van der Waals surface area contributed by atoms with E-state index in [1.165, 1.54) is 6.07 Å². The Labute approximate surface area is 214 Å². The Kier molecular flexibility index (Phi) is 6.28. The number of aromatic nitrogens is 1. The van der Waals surface area contributed by atoms with Crippen LogP contribution >= 0.6 is 0 Å². The Morgan fingerprint density at radius 2 is 1.86 bits per heavy atom. The first-order valence-corrected chi connectivity index (χ1v) is 13.0. The molecule has 0 spiro atoms. The van der Waals surface area contributed by atoms with E-state index < -0.39 is 17.8 Å². The molecule has 3 unspecified atom stereocenters. The number of benzene rings is 2. The van der Waals surface area contributed by atoms with Gasteiger partial charge < -0.3 is 15.0 Å². The number of aromatic amines is 1. The second-order valence-corrected chi connectivity index (χ2v) is 10.2. The second-order valence-electron chi connectivity index (χ2n) is 10.2. The first-order chi connectivity index (χ1) is 18.0. The van der Waals surface area contributed by atoms with Gasteiger partial charge in [-0.3, -0.25) is 10.1 Å². The third-order valence-corrected chi connectivity index (χ3v) is 8.03. The Morgan fingerprint density at radius 3 is 2.62 bits per heavy atom. The van der Waals surface area contributed by atoms with Crippen molar-refractivity contribution in [3.8, 4) is 0 Å². The lowest BCUT2D eigenvalue weighted by molar-refractivity contribution is -0.156. The summed E-state index contributed by atoms with van der Waals surface area (Å²) >= 11 is 0. The molecule has 37 heavy (non-hydrogen) atoms. The Bertz CT molecular complexity index is 1380. The minimum atomic E-state index is -0.651. The zero-order valence-electron chi connectivity index (χ0n) is 20.6. The van der Waals surface area contributed by atoms with Gasteiger partial charge >= 0.3 is 5.97 Å². The normalized spacial score (nSPS) is 26.9. The van der Waals surface area contributed by atoms with E-state index in [-0.39, 0.29) is 23.4 Å². The Balaban J connectivity index is 1.39. The summed E-state index contributed by atoms with van der Waals surface area (Å²) in [6.45, 7) is 2.20. The molecule has 4 aliphatic rings. The number of esters is 1. The average Bonchev–Trinajstić information content (AvgIpc) is 3.34. The number of fused-ring (bicyclic) bond motifs is 4. The zero-order valence-corrected chi connectivity index (χ0v) is 20.6. The monoisotopic (exact) mass is 504 g/mol. The number of nitrogens with zero attached hydrogens (tertiary/aromatic N) is 1. The molecule has 1 aromatic heterocycles. The standard InChI is InChI=1S/C29H30F2N4O2/c1-2-37-29(36)25-17-8-10-18(11-9-17)26(25)34-24-14-23(16-6-4-3-5-7-16)33-28(35-24)21-15-32-27-20(21)12-19(30)13-22(27)31/h3-7,12-15,17-18,24-26,32,34H,2,8-11H2,1H3,(H,33,35). The van der Waals surface area contributed by atoms with Crippen LogP contribution in [0.1, 0.15) is 43.7 Å². The predicted molar refractivity (Wildman–Crippen MR) is 139 cm³/mol. The lowest BCUT2D eigenvalue weighted by Gasteiger charge is -2.48. The minimum absolute atomic E-state index is 0.0502. The average molecular weight is 505 g/mol. The minimum Gasteiger partial charge on any atom is -0.466 e. The van der Waals surface area contributed by atoms with Crippen molar-refractivity contribution in [2.45, 2.75) is 44.8 Å². The maximum absolute atomic E-state index is 14.4. The maximum Gasteiger partial charge on any atom is 0.310 e. The highest BCUT2D eigenvalue weighted by Gasteiger charge is 2.48. The van der Waals surface area contributed by atoms with Gasteiger partial charge in [-0.25, -0.2) is 13.8 Å². The van der Waals surface area contributed by atoms with Crippen molar-refractivity contribution in [2.24, 2.45) is 22.7 Å². The summed E-state index contributed by atoms with van der Waals surface area (Å²) in [5, 5.41) is 7.47. The summed E-state index contributed by atoms with van der Waals surface area (Å²) in [5.41, 5.74) is 2.61. The summed E-state index contributed by atoms with van der Waals surface area (Å²) in [5.74, 6) is -0.452. The van der Waals surface area contributed by atoms with E-state index >= 15 is 0 Å². The van der Waals surface area contributed by atoms with Crippen LogP contribution in [0.3, 0.4) is 0 Å². The number of hydrogen-bond acceptors (Lipinski definition) is 5. The first kappa shape index (κ1) is 23.9. The maximum atomic E-state index is 14.4. The molecule has 3 atom stereocenters. The van der Waals surface area contributed by atoms with Gasteiger partial charge in [-0.05, 0) is 62.1 Å². The molecule has 2 heterocycles. The van der Waals surface area contributed by atoms with E-state index in [4.69, 9.17) is 9.73 Å². The molecule has 0 amide bonds. The topological polar surface area (TPSA) is 78.5 Å². The van der Waals surface area contributed by atoms with Crippen molar-refractivity contribution in [3.05, 3.63) is 77.5 Å². The number of nitrogens with one attached hydrogen (secondary N) is 3. The fourth-order valence-electron chi connectivity index (χ4n) is 6.36. The number of halogens is 2. The van der Waals surface area contributed by atoms with E-state index in [0.29, 0.717) is 35.2 Å². The molecule has 2 aromatic carbocycles. The summed E-state index contributed by atoms with van der Waals surface area (Å²) in [6, 6.07) is 12.0. The lowest BCUT2D eigenvalue weighted by Crippen LogP contribution is -2.57. The largest absolute Gasteiger partial charge is 0.466 e. The summed E-state index contributed by atoms with van der Waals surface area (Å²) in [6.07, 6.45) is 7.48. The molecule has 7 rings (SSSR count). The molecule has 3 N–H and O–H groups in total. The van der Waals surface area contributed by atoms with Crippen molar-refractivity contribution in [1.29, 1.82) is 0 Å². The van der Waals surface area contributed by atoms with Crippen molar-refractivity contribution < 1.29 is 18.3 Å². The van der Waals surface area contributed by atoms with Crippen LogP contribution in [0.2, 0.25) is 0 Å². The van der Waals surface area contributed by atoms with Crippen LogP contribution in [-0.2, 0) is 9.53 Å². The zero-order chi connectivity index (χ0) is 25.5. The van der Waals surface area contributed by atoms with Gasteiger partial charge in [0.15, 0.2) is 0 Å². The van der Waals surface area contributed by atoms with Crippen LogP contribution in [0.15, 0.2) is 59.7 Å². The quantitative estimate of drug-likeness (QED) is 0.407. The second kappa shape index (κ2) is 9.74. The number of carbonyl (C=O) groups is 1. The van der Waals surface area contributed by atoms with Crippen LogP contribution in [-0.4, -0.2) is 35.6 Å². The number of ether oxygens (including phenoxy) is 1. The lowest BCUT2D eigenvalue weighted by atomic mass is 9.61. The highest BCUT2D eigenvalue weighted by molar-refractivity contribution is 6.13. The molecule has 3 aromatic rings. The smallest absolute Gasteiger partial charge is 0.310 e. The van der Waals surface area contributed by atoms with Gasteiger partial charge in [-0.1, -0.05) is 30.3 Å². The Morgan fingerprint density at radius 1 is 1.11 bits per heavy atom. The molecule has 6 nitrogen and oxygen atoms in total. The van der Waals surface area contributed by atoms with Crippen LogP contribution < -0.4 is 10.6 Å². The highest BCUT2D eigenvalue weighted by Crippen LogP contribution is 2.46. The van der Waals surface area contributed by atoms with Gasteiger partial charge in [-0.15, -0.1) is 0 Å². The van der Waals surface area contributed by atoms with E-state index in [9.17, 15) is 13.6 Å². The molecule has 0 radical (unpaired) electrons. The molecule has 3 saturated carbocycles. The van der Waals surface area contributed by atoms with E-state index in [1.54, 1.807) is 6.20 Å². The molecule has 8 heteroatoms. The van der Waals surface area contributed by atoms with Gasteiger partial charge in [0.2, 0.25) is 0 Å². The third kappa shape index (κ3) is 4.44. The Hall–Kier alpha value is -3.52. The molecule has 1 aliphatic heterocycles. The van der Waals surface area contributed by atoms with Crippen LogP contribution in [0.5, 0.6) is 0 Å². The summed E-state index contributed by atoms with van der Waals surface area (Å²) in [4.78, 5) is 20.8. The third-order valence-electron chi connectivity index (χ3n) is 8.03. The van der Waals surface area contributed by atoms with Crippen molar-refractivity contribution >= 4 is 28.4 Å². The van der Waals surface area contributed by atoms with Gasteiger partial charge in [-0.2, -0.15) is 0 Å². The molecule has 3 fully saturated rings. The van der Waals surface area contributed by atoms with Crippen molar-refractivity contribution in [2.75, 3.05) is 6.61 Å². The summed E-state index contributed by atoms with van der Waals surface area (Å²) < 4.78 is 34.0. The van der Waals surface area contributed by atoms with Crippen molar-refractivity contribution in [1.82, 2.24) is 15.6 Å². The van der Waals surface area contributed by atoms with Crippen LogP contribution in [0.25, 0.3) is 16.6 Å². The number of amidine groups is 1. The van der Waals surface area contributed by atoms with Crippen molar-refractivity contribution in [3.63, 3.8) is 0 Å². The van der Waals surface area contributed by atoms with E-state index in [0.717, 1.165) is 43.0 Å². The van der Waals surface area contributed by atoms with Gasteiger partial charge in [0.25, 0.3) is 0 Å². The molecule has 192 valence electrons.